The van der Waals surface area contributed by atoms with Crippen LogP contribution in [0, 0.1) is 6.92 Å². The molecule has 20 heavy (non-hydrogen) atoms. The van der Waals surface area contributed by atoms with Crippen LogP contribution < -0.4 is 10.5 Å². The van der Waals surface area contributed by atoms with Gasteiger partial charge < -0.3 is 10.5 Å². The van der Waals surface area contributed by atoms with Gasteiger partial charge in [-0.1, -0.05) is 0 Å². The first-order valence-corrected chi connectivity index (χ1v) is 6.55. The fraction of sp³-hybridized carbons (Fsp3) is 0.267. The minimum atomic E-state index is -0.615. The van der Waals surface area contributed by atoms with E-state index in [1.165, 1.54) is 5.56 Å². The van der Waals surface area contributed by atoms with Gasteiger partial charge in [-0.05, 0) is 49.6 Å². The lowest BCUT2D eigenvalue weighted by molar-refractivity contribution is 0.0990. The molecule has 0 radical (unpaired) electrons. The van der Waals surface area contributed by atoms with Gasteiger partial charge in [-0.25, -0.2) is 9.97 Å². The van der Waals surface area contributed by atoms with E-state index in [0.717, 1.165) is 36.5 Å². The van der Waals surface area contributed by atoms with Crippen LogP contribution in [-0.4, -0.2) is 22.5 Å². The summed E-state index contributed by atoms with van der Waals surface area (Å²) >= 11 is 0. The van der Waals surface area contributed by atoms with Crippen molar-refractivity contribution in [3.05, 3.63) is 41.3 Å². The quantitative estimate of drug-likeness (QED) is 0.902. The van der Waals surface area contributed by atoms with Crippen LogP contribution in [-0.2, 0) is 6.42 Å². The van der Waals surface area contributed by atoms with E-state index in [2.05, 4.69) is 16.0 Å². The van der Waals surface area contributed by atoms with Gasteiger partial charge in [0.1, 0.15) is 5.75 Å². The molecule has 0 fully saturated rings. The van der Waals surface area contributed by atoms with Crippen molar-refractivity contribution in [3.8, 4) is 17.0 Å². The van der Waals surface area contributed by atoms with Gasteiger partial charge in [0.15, 0.2) is 0 Å². The number of fused-ring (bicyclic) bond motifs is 1. The smallest absolute Gasteiger partial charge is 0.286 e. The van der Waals surface area contributed by atoms with Gasteiger partial charge in [0, 0.05) is 11.3 Å². The van der Waals surface area contributed by atoms with Crippen molar-refractivity contribution in [3.63, 3.8) is 0 Å². The first-order valence-electron chi connectivity index (χ1n) is 6.55. The zero-order valence-corrected chi connectivity index (χ0v) is 11.2. The highest BCUT2D eigenvalue weighted by molar-refractivity contribution is 5.89. The minimum Gasteiger partial charge on any atom is -0.493 e. The second-order valence-electron chi connectivity index (χ2n) is 4.86. The SMILES string of the molecule is Cc1cc(-c2ccc3c(c2)CCCO3)nc(C(N)=O)n1. The summed E-state index contributed by atoms with van der Waals surface area (Å²) in [5.74, 6) is 0.367. The lowest BCUT2D eigenvalue weighted by Crippen LogP contribution is -2.16. The van der Waals surface area contributed by atoms with E-state index in [4.69, 9.17) is 10.5 Å². The number of amides is 1. The van der Waals surface area contributed by atoms with E-state index in [1.54, 1.807) is 0 Å². The van der Waals surface area contributed by atoms with Gasteiger partial charge in [-0.3, -0.25) is 4.79 Å². The maximum Gasteiger partial charge on any atom is 0.286 e. The van der Waals surface area contributed by atoms with Gasteiger partial charge in [-0.15, -0.1) is 0 Å². The number of primary amides is 1. The maximum absolute atomic E-state index is 11.2. The highest BCUT2D eigenvalue weighted by Crippen LogP contribution is 2.29. The molecule has 0 bridgehead atoms. The van der Waals surface area contributed by atoms with Crippen molar-refractivity contribution in [1.29, 1.82) is 0 Å². The number of aromatic nitrogens is 2. The molecule has 1 amide bonds. The number of nitrogens with two attached hydrogens (primary N) is 1. The highest BCUT2D eigenvalue weighted by Gasteiger charge is 2.13. The van der Waals surface area contributed by atoms with Crippen LogP contribution in [0.15, 0.2) is 24.3 Å². The summed E-state index contributed by atoms with van der Waals surface area (Å²) in [7, 11) is 0. The van der Waals surface area contributed by atoms with E-state index in [0.29, 0.717) is 5.69 Å². The first-order chi connectivity index (χ1) is 9.63. The van der Waals surface area contributed by atoms with Crippen molar-refractivity contribution in [1.82, 2.24) is 9.97 Å². The summed E-state index contributed by atoms with van der Waals surface area (Å²) < 4.78 is 5.59. The number of carbonyl (C=O) groups excluding carboxylic acids is 1. The summed E-state index contributed by atoms with van der Waals surface area (Å²) in [6.07, 6.45) is 2.02. The zero-order valence-electron chi connectivity index (χ0n) is 11.2. The molecule has 0 aliphatic carbocycles. The Morgan fingerprint density at radius 3 is 2.95 bits per heavy atom. The molecular weight excluding hydrogens is 254 g/mol. The van der Waals surface area contributed by atoms with E-state index >= 15 is 0 Å². The molecule has 1 aromatic carbocycles. The molecule has 0 atom stereocenters. The summed E-state index contributed by atoms with van der Waals surface area (Å²) in [5, 5.41) is 0. The topological polar surface area (TPSA) is 78.1 Å². The van der Waals surface area contributed by atoms with Crippen molar-refractivity contribution >= 4 is 5.91 Å². The van der Waals surface area contributed by atoms with Crippen LogP contribution in [0.5, 0.6) is 5.75 Å². The molecule has 1 aliphatic heterocycles. The summed E-state index contributed by atoms with van der Waals surface area (Å²) in [4.78, 5) is 19.5. The number of nitrogens with zero attached hydrogens (tertiary/aromatic N) is 2. The molecular formula is C15H15N3O2. The average Bonchev–Trinajstić information content (AvgIpc) is 2.46. The Labute approximate surface area is 116 Å². The third-order valence-corrected chi connectivity index (χ3v) is 3.28. The number of aryl methyl sites for hydroxylation is 2. The lowest BCUT2D eigenvalue weighted by atomic mass is 10.0. The second kappa shape index (κ2) is 4.92. The Bertz CT molecular complexity index is 683. The highest BCUT2D eigenvalue weighted by atomic mass is 16.5. The van der Waals surface area contributed by atoms with E-state index < -0.39 is 5.91 Å². The first kappa shape index (κ1) is 12.6. The Morgan fingerprint density at radius 2 is 2.15 bits per heavy atom. The largest absolute Gasteiger partial charge is 0.493 e. The Morgan fingerprint density at radius 1 is 1.30 bits per heavy atom. The minimum absolute atomic E-state index is 0.0500. The number of rotatable bonds is 2. The van der Waals surface area contributed by atoms with Crippen LogP contribution in [0.25, 0.3) is 11.3 Å². The van der Waals surface area contributed by atoms with E-state index in [-0.39, 0.29) is 5.82 Å². The molecule has 0 saturated carbocycles. The Kier molecular flexibility index (Phi) is 3.10. The normalized spacial score (nSPS) is 13.4. The predicted molar refractivity (Wildman–Crippen MR) is 74.5 cm³/mol. The second-order valence-corrected chi connectivity index (χ2v) is 4.86. The van der Waals surface area contributed by atoms with Crippen molar-refractivity contribution in [2.75, 3.05) is 6.61 Å². The zero-order chi connectivity index (χ0) is 14.1. The molecule has 1 aromatic heterocycles. The van der Waals surface area contributed by atoms with Gasteiger partial charge in [0.2, 0.25) is 5.82 Å². The summed E-state index contributed by atoms with van der Waals surface area (Å²) in [6.45, 7) is 2.59. The Balaban J connectivity index is 2.06. The number of hydrogen-bond donors (Lipinski definition) is 1. The lowest BCUT2D eigenvalue weighted by Gasteiger charge is -2.17. The third-order valence-electron chi connectivity index (χ3n) is 3.28. The molecule has 2 N–H and O–H groups in total. The molecule has 0 spiro atoms. The molecule has 5 heteroatoms. The molecule has 102 valence electrons. The number of carbonyl (C=O) groups is 1. The monoisotopic (exact) mass is 269 g/mol. The summed E-state index contributed by atoms with van der Waals surface area (Å²) in [6, 6.07) is 7.79. The standard InChI is InChI=1S/C15H15N3O2/c1-9-7-12(18-15(17-9)14(16)19)10-4-5-13-11(8-10)3-2-6-20-13/h4-5,7-8H,2-3,6H2,1H3,(H2,16,19). The van der Waals surface area contributed by atoms with Crippen molar-refractivity contribution < 1.29 is 9.53 Å². The van der Waals surface area contributed by atoms with E-state index in [9.17, 15) is 4.79 Å². The van der Waals surface area contributed by atoms with Crippen LogP contribution in [0.4, 0.5) is 0 Å². The molecule has 1 aliphatic rings. The van der Waals surface area contributed by atoms with E-state index in [1.807, 2.05) is 25.1 Å². The van der Waals surface area contributed by atoms with Crippen molar-refractivity contribution in [2.24, 2.45) is 5.73 Å². The maximum atomic E-state index is 11.2. The molecule has 2 aromatic rings. The number of benzene rings is 1. The fourth-order valence-electron chi connectivity index (χ4n) is 2.35. The fourth-order valence-corrected chi connectivity index (χ4v) is 2.35. The van der Waals surface area contributed by atoms with Gasteiger partial charge in [-0.2, -0.15) is 0 Å². The molecule has 3 rings (SSSR count). The molecule has 5 nitrogen and oxygen atoms in total. The van der Waals surface area contributed by atoms with Crippen LogP contribution in [0.2, 0.25) is 0 Å². The molecule has 2 heterocycles. The summed E-state index contributed by atoms with van der Waals surface area (Å²) in [5.41, 5.74) is 8.80. The van der Waals surface area contributed by atoms with Crippen LogP contribution >= 0.6 is 0 Å². The van der Waals surface area contributed by atoms with Gasteiger partial charge in [0.25, 0.3) is 5.91 Å². The van der Waals surface area contributed by atoms with Crippen LogP contribution in [0.3, 0.4) is 0 Å². The predicted octanol–water partition coefficient (Wildman–Crippen LogP) is 1.88. The van der Waals surface area contributed by atoms with Gasteiger partial charge in [0.05, 0.1) is 12.3 Å². The third kappa shape index (κ3) is 2.34. The molecule has 0 saturated heterocycles. The number of ether oxygens (including phenoxy) is 1. The molecule has 0 unspecified atom stereocenters. The Hall–Kier alpha value is -2.43. The van der Waals surface area contributed by atoms with Crippen molar-refractivity contribution in [2.45, 2.75) is 19.8 Å². The average molecular weight is 269 g/mol. The van der Waals surface area contributed by atoms with Gasteiger partial charge >= 0.3 is 0 Å². The number of hydrogen-bond acceptors (Lipinski definition) is 4. The van der Waals surface area contributed by atoms with Crippen LogP contribution in [0.1, 0.15) is 28.3 Å².